The highest BCUT2D eigenvalue weighted by molar-refractivity contribution is 7.13. The van der Waals surface area contributed by atoms with Gasteiger partial charge in [0.2, 0.25) is 22.9 Å². The number of nitrogens with two attached hydrogens (primary N) is 1. The maximum atomic E-state index is 11.9. The van der Waals surface area contributed by atoms with Gasteiger partial charge in [-0.05, 0) is 63.3 Å². The SMILES string of the molecule is C#C.CCCC(=O)c1csc(N=C(N)Nc2ccc3oc(C)cc3c2)n1.O=C(CN1CCCCCC1=O)N1CCCC1. The number of guanidine groups is 1. The molecule has 0 spiro atoms. The molecule has 2 fully saturated rings. The molecular weight excluding hydrogens is 552 g/mol. The van der Waals surface area contributed by atoms with Crippen LogP contribution in [0.15, 0.2) is 39.1 Å². The van der Waals surface area contributed by atoms with E-state index in [0.717, 1.165) is 80.6 Å². The van der Waals surface area contributed by atoms with Crippen LogP contribution < -0.4 is 11.1 Å². The number of Topliss-reactive ketones (excluding diaryl/α,β-unsaturated/α-hetero) is 1. The molecule has 0 unspecified atom stereocenters. The number of nitrogens with zero attached hydrogens (tertiary/aromatic N) is 4. The van der Waals surface area contributed by atoms with Gasteiger partial charge in [-0.15, -0.1) is 24.2 Å². The van der Waals surface area contributed by atoms with Crippen molar-refractivity contribution in [3.8, 4) is 12.8 Å². The first-order chi connectivity index (χ1) is 20.3. The smallest absolute Gasteiger partial charge is 0.242 e. The minimum atomic E-state index is 0.0301. The molecule has 5 rings (SSSR count). The lowest BCUT2D eigenvalue weighted by molar-refractivity contribution is -0.139. The Morgan fingerprint density at radius 2 is 1.86 bits per heavy atom. The minimum absolute atomic E-state index is 0.0301. The number of nitrogens with one attached hydrogen (secondary N) is 1. The Morgan fingerprint density at radius 3 is 2.60 bits per heavy atom. The van der Waals surface area contributed by atoms with Crippen molar-refractivity contribution >= 4 is 56.7 Å². The van der Waals surface area contributed by atoms with Crippen molar-refractivity contribution < 1.29 is 18.8 Å². The minimum Gasteiger partial charge on any atom is -0.461 e. The molecule has 2 aliphatic heterocycles. The molecule has 2 aliphatic rings. The molecule has 3 N–H and O–H groups in total. The van der Waals surface area contributed by atoms with Gasteiger partial charge in [0.25, 0.3) is 0 Å². The molecule has 0 saturated carbocycles. The summed E-state index contributed by atoms with van der Waals surface area (Å²) >= 11 is 1.29. The van der Waals surface area contributed by atoms with E-state index in [2.05, 4.69) is 28.1 Å². The number of aromatic nitrogens is 1. The zero-order chi connectivity index (χ0) is 30.5. The highest BCUT2D eigenvalue weighted by atomic mass is 32.1. The summed E-state index contributed by atoms with van der Waals surface area (Å²) < 4.78 is 5.54. The lowest BCUT2D eigenvalue weighted by Gasteiger charge is -2.23. The zero-order valence-corrected chi connectivity index (χ0v) is 25.3. The highest BCUT2D eigenvalue weighted by Gasteiger charge is 2.23. The summed E-state index contributed by atoms with van der Waals surface area (Å²) in [4.78, 5) is 47.5. The van der Waals surface area contributed by atoms with Gasteiger partial charge in [-0.3, -0.25) is 14.4 Å². The molecule has 2 amide bonds. The first-order valence-electron chi connectivity index (χ1n) is 14.3. The Balaban J connectivity index is 0.000000234. The van der Waals surface area contributed by atoms with Crippen LogP contribution >= 0.6 is 11.3 Å². The monoisotopic (exact) mass is 592 g/mol. The summed E-state index contributed by atoms with van der Waals surface area (Å²) in [6.45, 7) is 6.69. The third-order valence-corrected chi connectivity index (χ3v) is 7.57. The summed E-state index contributed by atoms with van der Waals surface area (Å²) in [5.74, 6) is 1.40. The molecule has 2 saturated heterocycles. The van der Waals surface area contributed by atoms with Crippen molar-refractivity contribution in [3.63, 3.8) is 0 Å². The Bertz CT molecular complexity index is 1400. The van der Waals surface area contributed by atoms with Crippen molar-refractivity contribution in [2.75, 3.05) is 31.5 Å². The number of benzene rings is 1. The van der Waals surface area contributed by atoms with Crippen LogP contribution in [0.3, 0.4) is 0 Å². The van der Waals surface area contributed by atoms with E-state index in [-0.39, 0.29) is 23.6 Å². The number of anilines is 1. The summed E-state index contributed by atoms with van der Waals surface area (Å²) in [7, 11) is 0. The fraction of sp³-hybridized carbons (Fsp3) is 0.452. The van der Waals surface area contributed by atoms with Crippen LogP contribution in [0.25, 0.3) is 11.0 Å². The van der Waals surface area contributed by atoms with E-state index in [0.29, 0.717) is 30.2 Å². The predicted octanol–water partition coefficient (Wildman–Crippen LogP) is 5.50. The fourth-order valence-corrected chi connectivity index (χ4v) is 5.47. The van der Waals surface area contributed by atoms with Gasteiger partial charge < -0.3 is 25.3 Å². The second-order valence-electron chi connectivity index (χ2n) is 10.1. The number of aryl methyl sites for hydroxylation is 1. The van der Waals surface area contributed by atoms with Crippen molar-refractivity contribution in [2.24, 2.45) is 10.7 Å². The molecule has 42 heavy (non-hydrogen) atoms. The Labute approximate surface area is 251 Å². The van der Waals surface area contributed by atoms with Crippen LogP contribution in [-0.2, 0) is 9.59 Å². The van der Waals surface area contributed by atoms with Gasteiger partial charge in [0, 0.05) is 48.9 Å². The summed E-state index contributed by atoms with van der Waals surface area (Å²) in [5.41, 5.74) is 8.01. The molecular formula is C31H40N6O4S. The molecule has 0 aliphatic carbocycles. The number of hydrogen-bond acceptors (Lipinski definition) is 7. The number of amides is 2. The van der Waals surface area contributed by atoms with Gasteiger partial charge in [-0.25, -0.2) is 4.98 Å². The molecule has 224 valence electrons. The molecule has 0 atom stereocenters. The number of likely N-dealkylation sites (tertiary alicyclic amines) is 2. The van der Waals surface area contributed by atoms with Crippen molar-refractivity contribution in [1.29, 1.82) is 0 Å². The lowest BCUT2D eigenvalue weighted by atomic mass is 10.2. The van der Waals surface area contributed by atoms with Crippen LogP contribution in [0.1, 0.15) is 74.5 Å². The second kappa shape index (κ2) is 16.3. The molecule has 10 nitrogen and oxygen atoms in total. The maximum Gasteiger partial charge on any atom is 0.242 e. The van der Waals surface area contributed by atoms with E-state index in [4.69, 9.17) is 10.2 Å². The standard InChI is InChI=1S/C17H18N4O2S.C12H20N2O2.C2H2/c1-3-4-14(22)13-9-24-17(20-13)21-16(18)19-12-5-6-15-11(8-12)7-10(2)23-15;15-11-6-2-1-3-9-14(11)10-12(16)13-7-4-5-8-13;1-2/h5-9H,3-4H2,1-2H3,(H3,18,19,20,21);1-10H2;1-2H. The first-order valence-corrected chi connectivity index (χ1v) is 15.2. The number of hydrogen-bond donors (Lipinski definition) is 2. The molecule has 3 aromatic rings. The van der Waals surface area contributed by atoms with Crippen LogP contribution in [0.5, 0.6) is 0 Å². The van der Waals surface area contributed by atoms with Gasteiger partial charge in [0.15, 0.2) is 5.78 Å². The average Bonchev–Trinajstić information content (AvgIpc) is 3.72. The van der Waals surface area contributed by atoms with E-state index < -0.39 is 0 Å². The molecule has 11 heteroatoms. The van der Waals surface area contributed by atoms with Crippen molar-refractivity contribution in [2.45, 2.75) is 65.2 Å². The van der Waals surface area contributed by atoms with Crippen LogP contribution in [-0.4, -0.2) is 64.5 Å². The summed E-state index contributed by atoms with van der Waals surface area (Å²) in [5, 5.41) is 6.19. The van der Waals surface area contributed by atoms with Gasteiger partial charge >= 0.3 is 0 Å². The predicted molar refractivity (Wildman–Crippen MR) is 168 cm³/mol. The first kappa shape index (κ1) is 32.3. The average molecular weight is 593 g/mol. The Morgan fingerprint density at radius 1 is 1.12 bits per heavy atom. The van der Waals surface area contributed by atoms with Gasteiger partial charge in [0.1, 0.15) is 17.0 Å². The number of furan rings is 1. The normalized spacial score (nSPS) is 15.3. The highest BCUT2D eigenvalue weighted by Crippen LogP contribution is 2.24. The van der Waals surface area contributed by atoms with Crippen LogP contribution in [0.4, 0.5) is 10.8 Å². The Kier molecular flexibility index (Phi) is 12.6. The van der Waals surface area contributed by atoms with Crippen LogP contribution in [0, 0.1) is 19.8 Å². The summed E-state index contributed by atoms with van der Waals surface area (Å²) in [6, 6.07) is 7.64. The molecule has 1 aromatic carbocycles. The maximum absolute atomic E-state index is 11.9. The zero-order valence-electron chi connectivity index (χ0n) is 24.4. The topological polar surface area (TPSA) is 134 Å². The number of thiazole rings is 1. The molecule has 0 bridgehead atoms. The van der Waals surface area contributed by atoms with E-state index in [9.17, 15) is 14.4 Å². The number of rotatable bonds is 7. The number of fused-ring (bicyclic) bond motifs is 1. The van der Waals surface area contributed by atoms with Gasteiger partial charge in [-0.2, -0.15) is 4.99 Å². The number of aliphatic imine (C=N–C) groups is 1. The van der Waals surface area contributed by atoms with Crippen LogP contribution in [0.2, 0.25) is 0 Å². The lowest BCUT2D eigenvalue weighted by Crippen LogP contribution is -2.41. The van der Waals surface area contributed by atoms with Crippen molar-refractivity contribution in [3.05, 3.63) is 41.1 Å². The number of carbonyl (C=O) groups is 3. The molecule has 4 heterocycles. The summed E-state index contributed by atoms with van der Waals surface area (Å²) in [6.07, 6.45) is 15.3. The van der Waals surface area contributed by atoms with E-state index >= 15 is 0 Å². The quantitative estimate of drug-likeness (QED) is 0.160. The largest absolute Gasteiger partial charge is 0.461 e. The Hall–Kier alpha value is -4.17. The molecule has 0 radical (unpaired) electrons. The van der Waals surface area contributed by atoms with Gasteiger partial charge in [-0.1, -0.05) is 13.3 Å². The number of terminal acetylenes is 1. The van der Waals surface area contributed by atoms with Gasteiger partial charge in [0.05, 0.1) is 6.54 Å². The van der Waals surface area contributed by atoms with E-state index in [1.807, 2.05) is 43.0 Å². The molecule has 2 aromatic heterocycles. The van der Waals surface area contributed by atoms with E-state index in [1.165, 1.54) is 11.3 Å². The number of carbonyl (C=O) groups excluding carboxylic acids is 3. The fourth-order valence-electron chi connectivity index (χ4n) is 4.77. The van der Waals surface area contributed by atoms with E-state index in [1.54, 1.807) is 10.3 Å². The third kappa shape index (κ3) is 9.45. The third-order valence-electron chi connectivity index (χ3n) is 6.84. The second-order valence-corrected chi connectivity index (χ2v) is 11.0. The van der Waals surface area contributed by atoms with Crippen molar-refractivity contribution in [1.82, 2.24) is 14.8 Å². The number of ketones is 1.